The molecule has 3 aromatic rings. The van der Waals surface area contributed by atoms with Crippen LogP contribution in [0, 0.1) is 0 Å². The summed E-state index contributed by atoms with van der Waals surface area (Å²) in [7, 11) is 0. The summed E-state index contributed by atoms with van der Waals surface area (Å²) in [6.45, 7) is 0. The normalized spacial score (nSPS) is 10.9. The summed E-state index contributed by atoms with van der Waals surface area (Å²) < 4.78 is 3.08. The third kappa shape index (κ3) is 1.85. The molecular formula is C13H8BrClN2. The maximum atomic E-state index is 5.88. The fraction of sp³-hybridized carbons (Fsp3) is 0. The number of hydrogen-bond acceptors (Lipinski definition) is 1. The highest BCUT2D eigenvalue weighted by Crippen LogP contribution is 2.25. The number of imidazole rings is 1. The number of pyridine rings is 1. The number of hydrogen-bond donors (Lipinski definition) is 0. The molecule has 0 N–H and O–H groups in total. The molecule has 17 heavy (non-hydrogen) atoms. The predicted octanol–water partition coefficient (Wildman–Crippen LogP) is 4.42. The lowest BCUT2D eigenvalue weighted by Gasteiger charge is -2.02. The van der Waals surface area contributed by atoms with Gasteiger partial charge in [-0.3, -0.25) is 4.40 Å². The molecule has 4 heteroatoms. The van der Waals surface area contributed by atoms with E-state index in [2.05, 4.69) is 20.9 Å². The second-order valence-corrected chi connectivity index (χ2v) is 4.99. The van der Waals surface area contributed by atoms with Crippen molar-refractivity contribution in [1.82, 2.24) is 9.38 Å². The first-order chi connectivity index (χ1) is 8.25. The van der Waals surface area contributed by atoms with Gasteiger partial charge in [0.2, 0.25) is 0 Å². The van der Waals surface area contributed by atoms with Crippen LogP contribution in [0.3, 0.4) is 0 Å². The third-order valence-corrected chi connectivity index (χ3v) is 3.54. The average molecular weight is 308 g/mol. The minimum absolute atomic E-state index is 0.732. The lowest BCUT2D eigenvalue weighted by atomic mass is 10.2. The minimum Gasteiger partial charge on any atom is -0.299 e. The van der Waals surface area contributed by atoms with E-state index in [-0.39, 0.29) is 0 Å². The predicted molar refractivity (Wildman–Crippen MR) is 73.3 cm³/mol. The Morgan fingerprint density at radius 3 is 2.65 bits per heavy atom. The van der Waals surface area contributed by atoms with E-state index in [0.29, 0.717) is 0 Å². The molecule has 0 fully saturated rings. The van der Waals surface area contributed by atoms with E-state index in [4.69, 9.17) is 11.6 Å². The van der Waals surface area contributed by atoms with Gasteiger partial charge in [0.15, 0.2) is 0 Å². The molecule has 0 aliphatic heterocycles. The van der Waals surface area contributed by atoms with Crippen LogP contribution in [0.15, 0.2) is 53.3 Å². The van der Waals surface area contributed by atoms with Crippen molar-refractivity contribution in [2.45, 2.75) is 0 Å². The molecule has 0 bridgehead atoms. The van der Waals surface area contributed by atoms with Gasteiger partial charge >= 0.3 is 0 Å². The first-order valence-corrected chi connectivity index (χ1v) is 6.30. The van der Waals surface area contributed by atoms with Gasteiger partial charge in [-0.2, -0.15) is 0 Å². The summed E-state index contributed by atoms with van der Waals surface area (Å²) >= 11 is 9.39. The largest absolute Gasteiger partial charge is 0.299 e. The van der Waals surface area contributed by atoms with E-state index >= 15 is 0 Å². The second-order valence-electron chi connectivity index (χ2n) is 3.70. The van der Waals surface area contributed by atoms with Crippen molar-refractivity contribution in [3.05, 3.63) is 58.3 Å². The van der Waals surface area contributed by atoms with E-state index in [1.807, 2.05) is 53.2 Å². The molecule has 3 rings (SSSR count). The van der Waals surface area contributed by atoms with E-state index in [0.717, 1.165) is 26.4 Å². The molecule has 1 aromatic carbocycles. The van der Waals surface area contributed by atoms with Crippen molar-refractivity contribution < 1.29 is 0 Å². The van der Waals surface area contributed by atoms with E-state index in [1.165, 1.54) is 0 Å². The van der Waals surface area contributed by atoms with Gasteiger partial charge in [0.25, 0.3) is 0 Å². The van der Waals surface area contributed by atoms with Gasteiger partial charge in [-0.1, -0.05) is 11.6 Å². The Hall–Kier alpha value is -1.32. The molecule has 0 aliphatic rings. The second kappa shape index (κ2) is 4.17. The van der Waals surface area contributed by atoms with E-state index in [9.17, 15) is 0 Å². The van der Waals surface area contributed by atoms with Gasteiger partial charge in [0.1, 0.15) is 5.82 Å². The zero-order chi connectivity index (χ0) is 11.8. The number of rotatable bonds is 1. The molecule has 2 nitrogen and oxygen atoms in total. The van der Waals surface area contributed by atoms with Gasteiger partial charge < -0.3 is 0 Å². The maximum absolute atomic E-state index is 5.88. The highest BCUT2D eigenvalue weighted by molar-refractivity contribution is 9.10. The molecular weight excluding hydrogens is 300 g/mol. The number of nitrogens with zero attached hydrogens (tertiary/aromatic N) is 2. The van der Waals surface area contributed by atoms with Crippen molar-refractivity contribution in [2.75, 3.05) is 0 Å². The van der Waals surface area contributed by atoms with Crippen molar-refractivity contribution in [2.24, 2.45) is 0 Å². The maximum Gasteiger partial charge on any atom is 0.144 e. The molecule has 0 unspecified atom stereocenters. The molecule has 0 aliphatic carbocycles. The van der Waals surface area contributed by atoms with Gasteiger partial charge in [-0.25, -0.2) is 4.98 Å². The van der Waals surface area contributed by atoms with Crippen LogP contribution in [-0.2, 0) is 0 Å². The standard InChI is InChI=1S/C13H8BrClN2/c14-11-2-1-7-17-12(11)8-16-13(17)9-3-5-10(15)6-4-9/h1-8H. The van der Waals surface area contributed by atoms with E-state index in [1.54, 1.807) is 0 Å². The Kier molecular flexibility index (Phi) is 2.65. The number of benzene rings is 1. The average Bonchev–Trinajstić information content (AvgIpc) is 2.75. The van der Waals surface area contributed by atoms with Crippen molar-refractivity contribution in [3.63, 3.8) is 0 Å². The third-order valence-electron chi connectivity index (χ3n) is 2.62. The molecule has 84 valence electrons. The van der Waals surface area contributed by atoms with E-state index < -0.39 is 0 Å². The van der Waals surface area contributed by atoms with Gasteiger partial charge in [0.05, 0.1) is 11.7 Å². The Morgan fingerprint density at radius 1 is 1.12 bits per heavy atom. The van der Waals surface area contributed by atoms with Crippen molar-refractivity contribution >= 4 is 33.0 Å². The Morgan fingerprint density at radius 2 is 1.88 bits per heavy atom. The smallest absolute Gasteiger partial charge is 0.144 e. The van der Waals surface area contributed by atoms with Gasteiger partial charge in [0, 0.05) is 21.3 Å². The summed E-state index contributed by atoms with van der Waals surface area (Å²) in [6, 6.07) is 11.7. The van der Waals surface area contributed by atoms with Crippen LogP contribution in [0.5, 0.6) is 0 Å². The zero-order valence-corrected chi connectivity index (χ0v) is 11.1. The summed E-state index contributed by atoms with van der Waals surface area (Å²) in [6.07, 6.45) is 3.85. The van der Waals surface area contributed by atoms with Crippen molar-refractivity contribution in [1.29, 1.82) is 0 Å². The summed E-state index contributed by atoms with van der Waals surface area (Å²) in [4.78, 5) is 4.45. The fourth-order valence-corrected chi connectivity index (χ4v) is 2.37. The number of aromatic nitrogens is 2. The fourth-order valence-electron chi connectivity index (χ4n) is 1.80. The molecule has 0 spiro atoms. The highest BCUT2D eigenvalue weighted by atomic mass is 79.9. The first-order valence-electron chi connectivity index (χ1n) is 5.13. The van der Waals surface area contributed by atoms with Gasteiger partial charge in [-0.05, 0) is 52.3 Å². The van der Waals surface area contributed by atoms with Crippen LogP contribution in [0.2, 0.25) is 5.02 Å². The molecule has 0 amide bonds. The Bertz CT molecular complexity index is 673. The summed E-state index contributed by atoms with van der Waals surface area (Å²) in [5.41, 5.74) is 2.10. The highest BCUT2D eigenvalue weighted by Gasteiger charge is 2.07. The van der Waals surface area contributed by atoms with Crippen LogP contribution in [0.25, 0.3) is 16.9 Å². The van der Waals surface area contributed by atoms with Crippen LogP contribution in [-0.4, -0.2) is 9.38 Å². The van der Waals surface area contributed by atoms with Crippen LogP contribution in [0.1, 0.15) is 0 Å². The topological polar surface area (TPSA) is 17.3 Å². The monoisotopic (exact) mass is 306 g/mol. The van der Waals surface area contributed by atoms with Crippen LogP contribution in [0.4, 0.5) is 0 Å². The number of fused-ring (bicyclic) bond motifs is 1. The minimum atomic E-state index is 0.732. The molecule has 2 heterocycles. The quantitative estimate of drug-likeness (QED) is 0.650. The first kappa shape index (κ1) is 10.8. The molecule has 0 radical (unpaired) electrons. The number of halogens is 2. The molecule has 0 saturated heterocycles. The van der Waals surface area contributed by atoms with Crippen molar-refractivity contribution in [3.8, 4) is 11.4 Å². The zero-order valence-electron chi connectivity index (χ0n) is 8.77. The summed E-state index contributed by atoms with van der Waals surface area (Å²) in [5, 5.41) is 0.732. The van der Waals surface area contributed by atoms with Crippen LogP contribution < -0.4 is 0 Å². The lowest BCUT2D eigenvalue weighted by Crippen LogP contribution is -1.88. The lowest BCUT2D eigenvalue weighted by molar-refractivity contribution is 1.16. The summed E-state index contributed by atoms with van der Waals surface area (Å²) in [5.74, 6) is 0.915. The SMILES string of the molecule is Clc1ccc(-c2ncc3c(Br)cccn23)cc1. The van der Waals surface area contributed by atoms with Crippen LogP contribution >= 0.6 is 27.5 Å². The molecule has 2 aromatic heterocycles. The molecule has 0 saturated carbocycles. The van der Waals surface area contributed by atoms with Gasteiger partial charge in [-0.15, -0.1) is 0 Å². The Balaban J connectivity index is 2.24. The Labute approximate surface area is 112 Å². The molecule has 0 atom stereocenters.